The molecule has 2 N–H and O–H groups in total. The van der Waals surface area contributed by atoms with Gasteiger partial charge in [0.05, 0.1) is 12.5 Å². The molecule has 2 unspecified atom stereocenters. The van der Waals surface area contributed by atoms with Crippen LogP contribution >= 0.6 is 0 Å². The number of carboxylic acids is 1. The highest BCUT2D eigenvalue weighted by atomic mass is 16.6. The van der Waals surface area contributed by atoms with E-state index in [9.17, 15) is 14.7 Å². The second kappa shape index (κ2) is 6.19. The molecule has 0 fully saturated rings. The monoisotopic (exact) mass is 216 g/mol. The van der Waals surface area contributed by atoms with Crippen molar-refractivity contribution in [1.82, 2.24) is 0 Å². The Morgan fingerprint density at radius 2 is 2.00 bits per heavy atom. The molecule has 0 saturated carbocycles. The molecule has 0 heterocycles. The van der Waals surface area contributed by atoms with Crippen LogP contribution in [0.15, 0.2) is 12.2 Å². The van der Waals surface area contributed by atoms with Gasteiger partial charge < -0.3 is 14.9 Å². The molecule has 0 saturated heterocycles. The lowest BCUT2D eigenvalue weighted by molar-refractivity contribution is -0.151. The van der Waals surface area contributed by atoms with Gasteiger partial charge in [-0.2, -0.15) is 0 Å². The van der Waals surface area contributed by atoms with Crippen LogP contribution in [0.5, 0.6) is 0 Å². The molecule has 86 valence electrons. The third-order valence-electron chi connectivity index (χ3n) is 1.85. The van der Waals surface area contributed by atoms with E-state index in [-0.39, 0.29) is 5.57 Å². The fourth-order valence-electron chi connectivity index (χ4n) is 0.998. The Morgan fingerprint density at radius 1 is 1.47 bits per heavy atom. The van der Waals surface area contributed by atoms with E-state index in [1.807, 2.05) is 0 Å². The average molecular weight is 216 g/mol. The van der Waals surface area contributed by atoms with Crippen molar-refractivity contribution in [3.05, 3.63) is 12.2 Å². The summed E-state index contributed by atoms with van der Waals surface area (Å²) in [5.74, 6) is -1.91. The first-order chi connectivity index (χ1) is 6.88. The summed E-state index contributed by atoms with van der Waals surface area (Å²) < 4.78 is 4.87. The van der Waals surface area contributed by atoms with Crippen LogP contribution in [0.4, 0.5) is 0 Å². The van der Waals surface area contributed by atoms with E-state index in [4.69, 9.17) is 9.84 Å². The summed E-state index contributed by atoms with van der Waals surface area (Å²) >= 11 is 0. The lowest BCUT2D eigenvalue weighted by Gasteiger charge is -2.18. The van der Waals surface area contributed by atoms with Gasteiger partial charge >= 0.3 is 11.9 Å². The minimum atomic E-state index is -1.14. The number of aliphatic carboxylic acids is 1. The third-order valence-corrected chi connectivity index (χ3v) is 1.85. The first-order valence-electron chi connectivity index (χ1n) is 4.67. The summed E-state index contributed by atoms with van der Waals surface area (Å²) in [6, 6.07) is 0. The van der Waals surface area contributed by atoms with Crippen LogP contribution in [0, 0.1) is 0 Å². The number of esters is 1. The Labute approximate surface area is 88.4 Å². The molecule has 0 aliphatic rings. The molecular weight excluding hydrogens is 200 g/mol. The summed E-state index contributed by atoms with van der Waals surface area (Å²) in [6.45, 7) is 6.56. The number of carbonyl (C=O) groups is 2. The highest BCUT2D eigenvalue weighted by molar-refractivity contribution is 5.92. The second-order valence-electron chi connectivity index (χ2n) is 3.27. The maximum absolute atomic E-state index is 11.3. The van der Waals surface area contributed by atoms with E-state index in [2.05, 4.69) is 6.58 Å². The Kier molecular flexibility index (Phi) is 5.62. The Hall–Kier alpha value is -1.36. The maximum Gasteiger partial charge on any atom is 0.334 e. The van der Waals surface area contributed by atoms with Gasteiger partial charge in [0.1, 0.15) is 6.10 Å². The lowest BCUT2D eigenvalue weighted by atomic mass is 10.1. The number of carboxylic acid groups (broad SMARTS) is 1. The summed E-state index contributed by atoms with van der Waals surface area (Å²) in [5, 5.41) is 17.6. The fourth-order valence-corrected chi connectivity index (χ4v) is 0.998. The second-order valence-corrected chi connectivity index (χ2v) is 3.27. The fraction of sp³-hybridized carbons (Fsp3) is 0.600. The van der Waals surface area contributed by atoms with Gasteiger partial charge in [0.15, 0.2) is 0 Å². The molecule has 0 bridgehead atoms. The van der Waals surface area contributed by atoms with E-state index in [0.29, 0.717) is 6.42 Å². The van der Waals surface area contributed by atoms with Crippen LogP contribution in [0.3, 0.4) is 0 Å². The van der Waals surface area contributed by atoms with Gasteiger partial charge in [-0.1, -0.05) is 13.5 Å². The van der Waals surface area contributed by atoms with Crippen molar-refractivity contribution in [2.75, 3.05) is 0 Å². The van der Waals surface area contributed by atoms with Gasteiger partial charge in [0, 0.05) is 5.57 Å². The SMILES string of the molecule is C=C(CC(=O)O)C(=O)OC(CC)C(C)O. The van der Waals surface area contributed by atoms with Crippen LogP contribution in [0.1, 0.15) is 26.7 Å². The molecule has 5 nitrogen and oxygen atoms in total. The molecule has 0 radical (unpaired) electrons. The molecule has 0 rings (SSSR count). The summed E-state index contributed by atoms with van der Waals surface area (Å²) in [5.41, 5.74) is -0.124. The zero-order valence-corrected chi connectivity index (χ0v) is 8.90. The number of carbonyl (C=O) groups excluding carboxylic acids is 1. The van der Waals surface area contributed by atoms with Gasteiger partial charge in [0.25, 0.3) is 0 Å². The largest absolute Gasteiger partial charge is 0.481 e. The maximum atomic E-state index is 11.3. The zero-order valence-electron chi connectivity index (χ0n) is 8.90. The summed E-state index contributed by atoms with van der Waals surface area (Å²) in [4.78, 5) is 21.5. The van der Waals surface area contributed by atoms with Gasteiger partial charge in [-0.15, -0.1) is 0 Å². The summed E-state index contributed by atoms with van der Waals surface area (Å²) in [6.07, 6.45) is -1.39. The molecule has 0 aromatic rings. The van der Waals surface area contributed by atoms with Gasteiger partial charge in [0.2, 0.25) is 0 Å². The number of ether oxygens (including phenoxy) is 1. The van der Waals surface area contributed by atoms with Crippen molar-refractivity contribution in [3.8, 4) is 0 Å². The van der Waals surface area contributed by atoms with Crippen LogP contribution in [-0.4, -0.2) is 34.4 Å². The molecule has 0 amide bonds. The van der Waals surface area contributed by atoms with Crippen molar-refractivity contribution in [1.29, 1.82) is 0 Å². The van der Waals surface area contributed by atoms with E-state index < -0.39 is 30.6 Å². The average Bonchev–Trinajstić information content (AvgIpc) is 2.11. The van der Waals surface area contributed by atoms with Gasteiger partial charge in [-0.3, -0.25) is 4.79 Å². The first-order valence-corrected chi connectivity index (χ1v) is 4.67. The molecule has 0 aromatic heterocycles. The van der Waals surface area contributed by atoms with Crippen molar-refractivity contribution >= 4 is 11.9 Å². The molecule has 0 aliphatic carbocycles. The van der Waals surface area contributed by atoms with E-state index in [0.717, 1.165) is 0 Å². The van der Waals surface area contributed by atoms with Crippen LogP contribution in [0.2, 0.25) is 0 Å². The highest BCUT2D eigenvalue weighted by Crippen LogP contribution is 2.09. The first kappa shape index (κ1) is 13.6. The minimum absolute atomic E-state index is 0.124. The standard InChI is InChI=1S/C10H16O5/c1-4-8(7(3)11)15-10(14)6(2)5-9(12)13/h7-8,11H,2,4-5H2,1,3H3,(H,12,13). The molecule has 0 spiro atoms. The predicted molar refractivity (Wildman–Crippen MR) is 53.2 cm³/mol. The lowest BCUT2D eigenvalue weighted by Crippen LogP contribution is -2.29. The number of aliphatic hydroxyl groups excluding tert-OH is 1. The molecule has 5 heteroatoms. The molecular formula is C10H16O5. The Morgan fingerprint density at radius 3 is 2.33 bits per heavy atom. The van der Waals surface area contributed by atoms with Crippen molar-refractivity contribution in [2.24, 2.45) is 0 Å². The quantitative estimate of drug-likeness (QED) is 0.505. The topological polar surface area (TPSA) is 83.8 Å². The van der Waals surface area contributed by atoms with E-state index >= 15 is 0 Å². The normalized spacial score (nSPS) is 14.1. The van der Waals surface area contributed by atoms with E-state index in [1.54, 1.807) is 6.92 Å². The highest BCUT2D eigenvalue weighted by Gasteiger charge is 2.20. The molecule has 0 aromatic carbocycles. The van der Waals surface area contributed by atoms with Crippen molar-refractivity contribution in [3.63, 3.8) is 0 Å². The van der Waals surface area contributed by atoms with Crippen molar-refractivity contribution in [2.45, 2.75) is 38.9 Å². The number of rotatable bonds is 6. The molecule has 15 heavy (non-hydrogen) atoms. The smallest absolute Gasteiger partial charge is 0.334 e. The zero-order chi connectivity index (χ0) is 12.0. The van der Waals surface area contributed by atoms with Crippen molar-refractivity contribution < 1.29 is 24.5 Å². The molecule has 2 atom stereocenters. The Balaban J connectivity index is 4.22. The number of aliphatic hydroxyl groups is 1. The van der Waals surface area contributed by atoms with Crippen LogP contribution in [0.25, 0.3) is 0 Å². The molecule has 0 aliphatic heterocycles. The van der Waals surface area contributed by atoms with Gasteiger partial charge in [-0.25, -0.2) is 4.79 Å². The van der Waals surface area contributed by atoms with E-state index in [1.165, 1.54) is 6.92 Å². The third kappa shape index (κ3) is 5.17. The van der Waals surface area contributed by atoms with Gasteiger partial charge in [-0.05, 0) is 13.3 Å². The summed E-state index contributed by atoms with van der Waals surface area (Å²) in [7, 11) is 0. The number of hydrogen-bond acceptors (Lipinski definition) is 4. The van der Waals surface area contributed by atoms with Crippen LogP contribution < -0.4 is 0 Å². The Bertz CT molecular complexity index is 257. The minimum Gasteiger partial charge on any atom is -0.481 e. The number of hydrogen-bond donors (Lipinski definition) is 2. The predicted octanol–water partition coefficient (Wildman–Crippen LogP) is 0.720. The van der Waals surface area contributed by atoms with Crippen LogP contribution in [-0.2, 0) is 14.3 Å².